The van der Waals surface area contributed by atoms with E-state index in [1.54, 1.807) is 0 Å². The molecular weight excluding hydrogens is 647 g/mol. The Hall–Kier alpha value is -7.16. The fraction of sp³-hybridized carbons (Fsp3) is 0.0417. The summed E-state index contributed by atoms with van der Waals surface area (Å²) < 4.78 is 2.29. The van der Waals surface area contributed by atoms with Gasteiger partial charge in [0, 0.05) is 33.2 Å². The molecule has 53 heavy (non-hydrogen) atoms. The van der Waals surface area contributed by atoms with Crippen LogP contribution in [-0.4, -0.2) is 19.5 Å². The van der Waals surface area contributed by atoms with E-state index >= 15 is 0 Å². The third-order valence-electron chi connectivity index (χ3n) is 10.00. The first kappa shape index (κ1) is 31.8. The molecular formula is C48H33N5. The van der Waals surface area contributed by atoms with Crippen molar-refractivity contribution in [1.82, 2.24) is 19.5 Å². The first-order chi connectivity index (χ1) is 26.1. The molecule has 0 fully saturated rings. The zero-order valence-electron chi connectivity index (χ0n) is 29.3. The van der Waals surface area contributed by atoms with Crippen molar-refractivity contribution in [3.8, 4) is 68.2 Å². The largest absolute Gasteiger partial charge is 0.309 e. The lowest BCUT2D eigenvalue weighted by molar-refractivity contribution is 1.07. The highest BCUT2D eigenvalue weighted by atomic mass is 15.0. The van der Waals surface area contributed by atoms with Gasteiger partial charge in [-0.05, 0) is 89.7 Å². The van der Waals surface area contributed by atoms with Crippen LogP contribution in [0.4, 0.5) is 0 Å². The van der Waals surface area contributed by atoms with Crippen LogP contribution in [0.5, 0.6) is 0 Å². The summed E-state index contributed by atoms with van der Waals surface area (Å²) in [5, 5.41) is 12.7. The second-order valence-electron chi connectivity index (χ2n) is 13.3. The normalized spacial score (nSPS) is 11.2. The van der Waals surface area contributed by atoms with Crippen LogP contribution in [0.25, 0.3) is 83.9 Å². The van der Waals surface area contributed by atoms with Crippen molar-refractivity contribution >= 4 is 21.8 Å². The fourth-order valence-corrected chi connectivity index (χ4v) is 7.31. The number of nitrogens with zero attached hydrogens (tertiary/aromatic N) is 5. The van der Waals surface area contributed by atoms with Gasteiger partial charge in [-0.25, -0.2) is 15.0 Å². The number of nitriles is 1. The summed E-state index contributed by atoms with van der Waals surface area (Å²) >= 11 is 0. The van der Waals surface area contributed by atoms with E-state index < -0.39 is 0 Å². The van der Waals surface area contributed by atoms with E-state index in [1.165, 1.54) is 33.4 Å². The molecule has 0 spiro atoms. The quantitative estimate of drug-likeness (QED) is 0.175. The topological polar surface area (TPSA) is 67.4 Å². The highest BCUT2D eigenvalue weighted by Gasteiger charge is 2.19. The van der Waals surface area contributed by atoms with Gasteiger partial charge in [0.25, 0.3) is 0 Å². The summed E-state index contributed by atoms with van der Waals surface area (Å²) in [6.07, 6.45) is 0. The minimum atomic E-state index is 0.445. The lowest BCUT2D eigenvalue weighted by atomic mass is 9.97. The highest BCUT2D eigenvalue weighted by molar-refractivity contribution is 6.12. The van der Waals surface area contributed by atoms with Gasteiger partial charge in [0.1, 0.15) is 0 Å². The molecule has 9 rings (SSSR count). The van der Waals surface area contributed by atoms with Crippen molar-refractivity contribution < 1.29 is 0 Å². The van der Waals surface area contributed by atoms with Gasteiger partial charge in [0.2, 0.25) is 0 Å². The molecule has 0 unspecified atom stereocenters. The maximum atomic E-state index is 10.4. The lowest BCUT2D eigenvalue weighted by Crippen LogP contribution is -2.02. The molecule has 0 aliphatic heterocycles. The Morgan fingerprint density at radius 3 is 1.40 bits per heavy atom. The fourth-order valence-electron chi connectivity index (χ4n) is 7.31. The van der Waals surface area contributed by atoms with Crippen LogP contribution in [0.15, 0.2) is 164 Å². The van der Waals surface area contributed by atoms with Crippen LogP contribution in [0.1, 0.15) is 16.7 Å². The van der Waals surface area contributed by atoms with Crippen molar-refractivity contribution in [3.05, 3.63) is 180 Å². The molecule has 5 heteroatoms. The predicted molar refractivity (Wildman–Crippen MR) is 216 cm³/mol. The monoisotopic (exact) mass is 679 g/mol. The van der Waals surface area contributed by atoms with Gasteiger partial charge >= 0.3 is 0 Å². The molecule has 0 aliphatic rings. The zero-order valence-corrected chi connectivity index (χ0v) is 29.3. The molecule has 0 saturated carbocycles. The van der Waals surface area contributed by atoms with Crippen LogP contribution >= 0.6 is 0 Å². The molecule has 9 aromatic rings. The molecule has 2 heterocycles. The van der Waals surface area contributed by atoms with Gasteiger partial charge in [0.05, 0.1) is 22.7 Å². The summed E-state index contributed by atoms with van der Waals surface area (Å²) in [6.45, 7) is 4.32. The van der Waals surface area contributed by atoms with Gasteiger partial charge in [-0.2, -0.15) is 5.26 Å². The molecule has 0 saturated heterocycles. The average molecular weight is 680 g/mol. The van der Waals surface area contributed by atoms with Gasteiger partial charge in [-0.3, -0.25) is 0 Å². The standard InChI is InChI=1S/C48H33N5/c1-31-13-9-11-19-39(31)35-22-25-44-42(27-35)43-28-36(40-20-12-10-14-32(40)2)23-26-45(43)53(44)38-24-21-37(30-49)41(29-38)48-51-46(33-15-5-3-6-16-33)50-47(52-48)34-17-7-4-8-18-34/h3-29H,1-2H3. The average Bonchev–Trinajstić information content (AvgIpc) is 3.54. The smallest absolute Gasteiger partial charge is 0.165 e. The summed E-state index contributed by atoms with van der Waals surface area (Å²) in [6, 6.07) is 58.6. The number of aromatic nitrogens is 4. The Kier molecular flexibility index (Phi) is 7.91. The van der Waals surface area contributed by atoms with E-state index in [9.17, 15) is 5.26 Å². The predicted octanol–water partition coefficient (Wildman–Crippen LogP) is 11.8. The Labute approximate surface area is 308 Å². The Morgan fingerprint density at radius 1 is 0.434 bits per heavy atom. The maximum Gasteiger partial charge on any atom is 0.165 e. The molecule has 250 valence electrons. The molecule has 5 nitrogen and oxygen atoms in total. The van der Waals surface area contributed by atoms with Crippen molar-refractivity contribution in [2.75, 3.05) is 0 Å². The van der Waals surface area contributed by atoms with Gasteiger partial charge < -0.3 is 4.57 Å². The molecule has 0 bridgehead atoms. The number of hydrogen-bond donors (Lipinski definition) is 0. The van der Waals surface area contributed by atoms with E-state index in [0.29, 0.717) is 28.6 Å². The van der Waals surface area contributed by atoms with E-state index in [2.05, 4.69) is 109 Å². The van der Waals surface area contributed by atoms with Gasteiger partial charge in [0.15, 0.2) is 17.5 Å². The van der Waals surface area contributed by atoms with Crippen LogP contribution < -0.4 is 0 Å². The van der Waals surface area contributed by atoms with Crippen molar-refractivity contribution in [2.24, 2.45) is 0 Å². The van der Waals surface area contributed by atoms with Crippen LogP contribution in [0.2, 0.25) is 0 Å². The summed E-state index contributed by atoms with van der Waals surface area (Å²) in [5.41, 5.74) is 13.2. The SMILES string of the molecule is Cc1ccccc1-c1ccc2c(c1)c1cc(-c3ccccc3C)ccc1n2-c1ccc(C#N)c(-c2nc(-c3ccccc3)nc(-c3ccccc3)n2)c1. The Balaban J connectivity index is 1.29. The zero-order chi connectivity index (χ0) is 35.9. The van der Waals surface area contributed by atoms with E-state index in [0.717, 1.165) is 38.6 Å². The number of benzene rings is 7. The minimum Gasteiger partial charge on any atom is -0.309 e. The first-order valence-electron chi connectivity index (χ1n) is 17.7. The first-order valence-corrected chi connectivity index (χ1v) is 17.7. The lowest BCUT2D eigenvalue weighted by Gasteiger charge is -2.13. The molecule has 0 N–H and O–H groups in total. The van der Waals surface area contributed by atoms with E-state index in [1.807, 2.05) is 78.9 Å². The van der Waals surface area contributed by atoms with Crippen molar-refractivity contribution in [3.63, 3.8) is 0 Å². The number of aryl methyl sites for hydroxylation is 2. The van der Waals surface area contributed by atoms with Gasteiger partial charge in [-0.15, -0.1) is 0 Å². The molecule has 0 amide bonds. The number of rotatable bonds is 6. The minimum absolute atomic E-state index is 0.445. The molecule has 2 aromatic heterocycles. The Morgan fingerprint density at radius 2 is 0.906 bits per heavy atom. The maximum absolute atomic E-state index is 10.4. The number of hydrogen-bond acceptors (Lipinski definition) is 4. The third kappa shape index (κ3) is 5.73. The summed E-state index contributed by atoms with van der Waals surface area (Å²) in [4.78, 5) is 14.8. The summed E-state index contributed by atoms with van der Waals surface area (Å²) in [7, 11) is 0. The number of fused-ring (bicyclic) bond motifs is 3. The van der Waals surface area contributed by atoms with Crippen molar-refractivity contribution in [1.29, 1.82) is 5.26 Å². The van der Waals surface area contributed by atoms with E-state index in [4.69, 9.17) is 15.0 Å². The van der Waals surface area contributed by atoms with Gasteiger partial charge in [-0.1, -0.05) is 121 Å². The van der Waals surface area contributed by atoms with E-state index in [-0.39, 0.29) is 0 Å². The molecule has 0 radical (unpaired) electrons. The van der Waals surface area contributed by atoms with Crippen molar-refractivity contribution in [2.45, 2.75) is 13.8 Å². The second-order valence-corrected chi connectivity index (χ2v) is 13.3. The summed E-state index contributed by atoms with van der Waals surface area (Å²) in [5.74, 6) is 1.54. The molecule has 0 atom stereocenters. The van der Waals surface area contributed by atoms with Crippen LogP contribution in [0.3, 0.4) is 0 Å². The second kappa shape index (κ2) is 13.2. The van der Waals surface area contributed by atoms with Crippen LogP contribution in [-0.2, 0) is 0 Å². The molecule has 0 aliphatic carbocycles. The third-order valence-corrected chi connectivity index (χ3v) is 10.00. The molecule has 7 aromatic carbocycles. The Bertz CT molecular complexity index is 2700. The van der Waals surface area contributed by atoms with Crippen LogP contribution in [0, 0.1) is 25.2 Å². The highest BCUT2D eigenvalue weighted by Crippen LogP contribution is 2.39.